The highest BCUT2D eigenvalue weighted by Crippen LogP contribution is 2.33. The average molecular weight is 288 g/mol. The van der Waals surface area contributed by atoms with Crippen molar-refractivity contribution in [3.63, 3.8) is 0 Å². The van der Waals surface area contributed by atoms with E-state index in [1.54, 1.807) is 0 Å². The molecule has 1 heterocycles. The Kier molecular flexibility index (Phi) is 5.02. The van der Waals surface area contributed by atoms with Gasteiger partial charge in [-0.3, -0.25) is 0 Å². The van der Waals surface area contributed by atoms with Gasteiger partial charge in [0.2, 0.25) is 0 Å². The van der Waals surface area contributed by atoms with Crippen LogP contribution in [0.5, 0.6) is 5.75 Å². The summed E-state index contributed by atoms with van der Waals surface area (Å²) in [7, 11) is 0. The van der Waals surface area contributed by atoms with Gasteiger partial charge in [-0.15, -0.1) is 0 Å². The fourth-order valence-electron chi connectivity index (χ4n) is 3.43. The van der Waals surface area contributed by atoms with Gasteiger partial charge in [-0.2, -0.15) is 0 Å². The fraction of sp³-hybridized carbons (Fsp3) is 0.667. The minimum Gasteiger partial charge on any atom is -0.488 e. The summed E-state index contributed by atoms with van der Waals surface area (Å²) in [6.45, 7) is 6.74. The maximum absolute atomic E-state index is 6.37. The summed E-state index contributed by atoms with van der Waals surface area (Å²) < 4.78 is 6.37. The van der Waals surface area contributed by atoms with Crippen molar-refractivity contribution in [2.45, 2.75) is 45.1 Å². The first-order chi connectivity index (χ1) is 10.3. The Morgan fingerprint density at radius 3 is 2.71 bits per heavy atom. The van der Waals surface area contributed by atoms with E-state index in [1.807, 2.05) is 0 Å². The van der Waals surface area contributed by atoms with Crippen LogP contribution < -0.4 is 15.0 Å². The molecule has 1 aromatic carbocycles. The lowest BCUT2D eigenvalue weighted by Gasteiger charge is -2.30. The second-order valence-corrected chi connectivity index (χ2v) is 6.56. The second-order valence-electron chi connectivity index (χ2n) is 6.56. The predicted molar refractivity (Wildman–Crippen MR) is 88.2 cm³/mol. The molecule has 0 spiro atoms. The van der Waals surface area contributed by atoms with Gasteiger partial charge < -0.3 is 15.0 Å². The first-order valence-electron chi connectivity index (χ1n) is 8.54. The van der Waals surface area contributed by atoms with Gasteiger partial charge in [0, 0.05) is 19.6 Å². The lowest BCUT2D eigenvalue weighted by molar-refractivity contribution is 0.136. The van der Waals surface area contributed by atoms with Crippen LogP contribution in [-0.4, -0.2) is 32.3 Å². The standard InChI is InChI=1S/C18H28N2O/c1-15-7-9-16(10-8-15)21-18-6-3-2-5-17(18)20-13-4-11-19-12-14-20/h2-3,5-6,15-16,19H,4,7-14H2,1H3. The Morgan fingerprint density at radius 1 is 1.05 bits per heavy atom. The van der Waals surface area contributed by atoms with Gasteiger partial charge in [0.15, 0.2) is 0 Å². The zero-order valence-electron chi connectivity index (χ0n) is 13.2. The molecule has 1 N–H and O–H groups in total. The maximum atomic E-state index is 6.37. The van der Waals surface area contributed by atoms with Crippen molar-refractivity contribution in [1.82, 2.24) is 5.32 Å². The van der Waals surface area contributed by atoms with Crippen LogP contribution in [0.1, 0.15) is 39.0 Å². The van der Waals surface area contributed by atoms with Gasteiger partial charge in [-0.1, -0.05) is 19.1 Å². The van der Waals surface area contributed by atoms with E-state index in [-0.39, 0.29) is 0 Å². The zero-order chi connectivity index (χ0) is 14.5. The number of ether oxygens (including phenoxy) is 1. The number of rotatable bonds is 3. The molecule has 3 nitrogen and oxygen atoms in total. The molecule has 1 aliphatic carbocycles. The summed E-state index contributed by atoms with van der Waals surface area (Å²) in [6, 6.07) is 8.58. The Labute approximate surface area is 128 Å². The highest BCUT2D eigenvalue weighted by atomic mass is 16.5. The molecule has 0 amide bonds. The van der Waals surface area contributed by atoms with Crippen molar-refractivity contribution < 1.29 is 4.74 Å². The van der Waals surface area contributed by atoms with E-state index in [0.29, 0.717) is 6.10 Å². The van der Waals surface area contributed by atoms with E-state index in [2.05, 4.69) is 41.4 Å². The Morgan fingerprint density at radius 2 is 1.86 bits per heavy atom. The van der Waals surface area contributed by atoms with Crippen LogP contribution in [0, 0.1) is 5.92 Å². The molecule has 0 radical (unpaired) electrons. The van der Waals surface area contributed by atoms with Gasteiger partial charge in [-0.05, 0) is 56.7 Å². The Bertz CT molecular complexity index is 433. The molecule has 1 saturated carbocycles. The molecule has 0 unspecified atom stereocenters. The number of hydrogen-bond acceptors (Lipinski definition) is 3. The van der Waals surface area contributed by atoms with Crippen LogP contribution in [-0.2, 0) is 0 Å². The maximum Gasteiger partial charge on any atom is 0.143 e. The van der Waals surface area contributed by atoms with Crippen molar-refractivity contribution in [1.29, 1.82) is 0 Å². The van der Waals surface area contributed by atoms with Crippen LogP contribution in [0.15, 0.2) is 24.3 Å². The van der Waals surface area contributed by atoms with Gasteiger partial charge in [0.1, 0.15) is 5.75 Å². The molecule has 0 atom stereocenters. The van der Waals surface area contributed by atoms with E-state index in [0.717, 1.165) is 37.8 Å². The molecular weight excluding hydrogens is 260 g/mol. The quantitative estimate of drug-likeness (QED) is 0.922. The first kappa shape index (κ1) is 14.7. The van der Waals surface area contributed by atoms with Crippen molar-refractivity contribution in [2.75, 3.05) is 31.1 Å². The third-order valence-electron chi connectivity index (χ3n) is 4.80. The third kappa shape index (κ3) is 3.91. The largest absolute Gasteiger partial charge is 0.488 e. The third-order valence-corrected chi connectivity index (χ3v) is 4.80. The van der Waals surface area contributed by atoms with Crippen molar-refractivity contribution in [2.24, 2.45) is 5.92 Å². The van der Waals surface area contributed by atoms with Crippen LogP contribution >= 0.6 is 0 Å². The molecule has 21 heavy (non-hydrogen) atoms. The van der Waals surface area contributed by atoms with Crippen LogP contribution in [0.4, 0.5) is 5.69 Å². The lowest BCUT2D eigenvalue weighted by Crippen LogP contribution is -2.29. The second kappa shape index (κ2) is 7.17. The smallest absolute Gasteiger partial charge is 0.143 e. The van der Waals surface area contributed by atoms with Gasteiger partial charge in [0.25, 0.3) is 0 Å². The highest BCUT2D eigenvalue weighted by Gasteiger charge is 2.21. The predicted octanol–water partition coefficient (Wildman–Crippen LogP) is 3.44. The highest BCUT2D eigenvalue weighted by molar-refractivity contribution is 5.58. The number of para-hydroxylation sites is 2. The number of nitrogens with zero attached hydrogens (tertiary/aromatic N) is 1. The molecule has 1 saturated heterocycles. The lowest BCUT2D eigenvalue weighted by atomic mass is 9.89. The minimum atomic E-state index is 0.410. The van der Waals surface area contributed by atoms with Crippen molar-refractivity contribution in [3.8, 4) is 5.75 Å². The summed E-state index contributed by atoms with van der Waals surface area (Å²) in [5.41, 5.74) is 1.28. The molecule has 1 aliphatic heterocycles. The van der Waals surface area contributed by atoms with Crippen molar-refractivity contribution >= 4 is 5.69 Å². The van der Waals surface area contributed by atoms with Crippen LogP contribution in [0.2, 0.25) is 0 Å². The van der Waals surface area contributed by atoms with Gasteiger partial charge in [0.05, 0.1) is 11.8 Å². The topological polar surface area (TPSA) is 24.5 Å². The van der Waals surface area contributed by atoms with Crippen LogP contribution in [0.3, 0.4) is 0 Å². The Balaban J connectivity index is 1.69. The van der Waals surface area contributed by atoms with Gasteiger partial charge in [-0.25, -0.2) is 0 Å². The number of benzene rings is 1. The summed E-state index contributed by atoms with van der Waals surface area (Å²) in [5.74, 6) is 1.95. The summed E-state index contributed by atoms with van der Waals surface area (Å²) in [6.07, 6.45) is 6.64. The molecule has 3 heteroatoms. The first-order valence-corrected chi connectivity index (χ1v) is 8.54. The molecule has 0 aromatic heterocycles. The zero-order valence-corrected chi connectivity index (χ0v) is 13.2. The van der Waals surface area contributed by atoms with E-state index in [4.69, 9.17) is 4.74 Å². The summed E-state index contributed by atoms with van der Waals surface area (Å²) in [5, 5.41) is 3.47. The molecular formula is C18H28N2O. The van der Waals surface area contributed by atoms with E-state index >= 15 is 0 Å². The number of nitrogens with one attached hydrogen (secondary N) is 1. The normalized spacial score (nSPS) is 27.2. The molecule has 0 bridgehead atoms. The minimum absolute atomic E-state index is 0.410. The Hall–Kier alpha value is -1.22. The molecule has 116 valence electrons. The van der Waals surface area contributed by atoms with E-state index < -0.39 is 0 Å². The van der Waals surface area contributed by atoms with E-state index in [1.165, 1.54) is 37.8 Å². The molecule has 2 fully saturated rings. The number of anilines is 1. The summed E-state index contributed by atoms with van der Waals surface area (Å²) >= 11 is 0. The average Bonchev–Trinajstić information content (AvgIpc) is 2.79. The molecule has 2 aliphatic rings. The fourth-order valence-corrected chi connectivity index (χ4v) is 3.43. The van der Waals surface area contributed by atoms with Crippen molar-refractivity contribution in [3.05, 3.63) is 24.3 Å². The monoisotopic (exact) mass is 288 g/mol. The van der Waals surface area contributed by atoms with Gasteiger partial charge >= 0.3 is 0 Å². The summed E-state index contributed by atoms with van der Waals surface area (Å²) in [4.78, 5) is 2.47. The number of hydrogen-bond donors (Lipinski definition) is 1. The van der Waals surface area contributed by atoms with Crippen LogP contribution in [0.25, 0.3) is 0 Å². The molecule has 3 rings (SSSR count). The van der Waals surface area contributed by atoms with E-state index in [9.17, 15) is 0 Å². The SMILES string of the molecule is CC1CCC(Oc2ccccc2N2CCCNCC2)CC1. The molecule has 1 aromatic rings.